The minimum Gasteiger partial charge on any atom is -0.327 e. The second-order valence-corrected chi connectivity index (χ2v) is 4.18. The van der Waals surface area contributed by atoms with Gasteiger partial charge >= 0.3 is 0 Å². The van der Waals surface area contributed by atoms with Crippen LogP contribution >= 0.6 is 0 Å². The number of nitrogens with one attached hydrogen (secondary N) is 1. The van der Waals surface area contributed by atoms with E-state index in [0.717, 1.165) is 5.56 Å². The molecule has 0 aliphatic heterocycles. The summed E-state index contributed by atoms with van der Waals surface area (Å²) in [5, 5.41) is 13.3. The molecule has 0 heterocycles. The molecule has 3 N–H and O–H groups in total. The molecule has 1 unspecified atom stereocenters. The van der Waals surface area contributed by atoms with Crippen LogP contribution in [0.3, 0.4) is 0 Å². The fourth-order valence-corrected chi connectivity index (χ4v) is 1.44. The van der Waals surface area contributed by atoms with Crippen molar-refractivity contribution in [1.82, 2.24) is 0 Å². The molecule has 0 saturated heterocycles. The molecule has 1 aromatic rings. The lowest BCUT2D eigenvalue weighted by atomic mass is 10.1. The summed E-state index contributed by atoms with van der Waals surface area (Å²) in [5.74, 6) is -0.229. The first-order chi connectivity index (χ1) is 8.43. The lowest BCUT2D eigenvalue weighted by Crippen LogP contribution is -2.26. The summed E-state index contributed by atoms with van der Waals surface area (Å²) in [6, 6.07) is 4.17. The number of nitro benzene ring substituents is 1. The van der Waals surface area contributed by atoms with Crippen LogP contribution < -0.4 is 11.1 Å². The monoisotopic (exact) mass is 251 g/mol. The zero-order valence-corrected chi connectivity index (χ0v) is 10.5. The molecular formula is C12H17N3O3. The lowest BCUT2D eigenvalue weighted by Gasteiger charge is -2.11. The maximum absolute atomic E-state index is 11.7. The van der Waals surface area contributed by atoms with E-state index in [-0.39, 0.29) is 24.1 Å². The third-order valence-electron chi connectivity index (χ3n) is 2.68. The molecule has 0 aliphatic carbocycles. The summed E-state index contributed by atoms with van der Waals surface area (Å²) in [6.07, 6.45) is 0.917. The van der Waals surface area contributed by atoms with E-state index in [1.165, 1.54) is 12.1 Å². The number of anilines is 1. The first-order valence-electron chi connectivity index (χ1n) is 5.74. The highest BCUT2D eigenvalue weighted by molar-refractivity contribution is 5.92. The molecule has 0 spiro atoms. The SMILES string of the molecule is CCC(N)CC(=O)Nc1cc([N+](=O)[O-])ccc1C. The summed E-state index contributed by atoms with van der Waals surface area (Å²) in [5.41, 5.74) is 6.86. The average Bonchev–Trinajstić information content (AvgIpc) is 2.31. The van der Waals surface area contributed by atoms with Crippen LogP contribution in [0.4, 0.5) is 11.4 Å². The van der Waals surface area contributed by atoms with Crippen LogP contribution in [0.1, 0.15) is 25.3 Å². The number of nitrogens with zero attached hydrogens (tertiary/aromatic N) is 1. The Bertz CT molecular complexity index is 460. The molecular weight excluding hydrogens is 234 g/mol. The van der Waals surface area contributed by atoms with Gasteiger partial charge < -0.3 is 11.1 Å². The Balaban J connectivity index is 2.80. The van der Waals surface area contributed by atoms with Crippen molar-refractivity contribution >= 4 is 17.3 Å². The van der Waals surface area contributed by atoms with E-state index >= 15 is 0 Å². The van der Waals surface area contributed by atoms with Crippen molar-refractivity contribution in [3.63, 3.8) is 0 Å². The molecule has 18 heavy (non-hydrogen) atoms. The van der Waals surface area contributed by atoms with Crippen LogP contribution in [0, 0.1) is 17.0 Å². The van der Waals surface area contributed by atoms with Crippen molar-refractivity contribution < 1.29 is 9.72 Å². The van der Waals surface area contributed by atoms with Gasteiger partial charge in [0.05, 0.1) is 10.6 Å². The molecule has 0 bridgehead atoms. The Morgan fingerprint density at radius 1 is 1.56 bits per heavy atom. The molecule has 1 aromatic carbocycles. The Hall–Kier alpha value is -1.95. The zero-order valence-electron chi connectivity index (χ0n) is 10.5. The second kappa shape index (κ2) is 6.11. The van der Waals surface area contributed by atoms with Gasteiger partial charge in [-0.3, -0.25) is 14.9 Å². The summed E-state index contributed by atoms with van der Waals surface area (Å²) < 4.78 is 0. The molecule has 1 rings (SSSR count). The maximum Gasteiger partial charge on any atom is 0.271 e. The van der Waals surface area contributed by atoms with Gasteiger partial charge in [0.2, 0.25) is 5.91 Å². The summed E-state index contributed by atoms with van der Waals surface area (Å²) in [7, 11) is 0. The number of amides is 1. The minimum atomic E-state index is -0.493. The van der Waals surface area contributed by atoms with Crippen LogP contribution in [0.25, 0.3) is 0 Å². The van der Waals surface area contributed by atoms with Crippen molar-refractivity contribution in [2.45, 2.75) is 32.7 Å². The average molecular weight is 251 g/mol. The van der Waals surface area contributed by atoms with Gasteiger partial charge in [-0.15, -0.1) is 0 Å². The van der Waals surface area contributed by atoms with Gasteiger partial charge in [0.25, 0.3) is 5.69 Å². The smallest absolute Gasteiger partial charge is 0.271 e. The number of nitro groups is 1. The largest absolute Gasteiger partial charge is 0.327 e. The normalized spacial score (nSPS) is 11.9. The predicted octanol–water partition coefficient (Wildman–Crippen LogP) is 1.97. The summed E-state index contributed by atoms with van der Waals surface area (Å²) in [6.45, 7) is 3.68. The number of hydrogen-bond donors (Lipinski definition) is 2. The van der Waals surface area contributed by atoms with E-state index < -0.39 is 4.92 Å². The topological polar surface area (TPSA) is 98.3 Å². The highest BCUT2D eigenvalue weighted by atomic mass is 16.6. The number of nitrogens with two attached hydrogens (primary N) is 1. The van der Waals surface area contributed by atoms with Crippen molar-refractivity contribution in [3.05, 3.63) is 33.9 Å². The Morgan fingerprint density at radius 2 is 2.22 bits per heavy atom. The number of hydrogen-bond acceptors (Lipinski definition) is 4. The highest BCUT2D eigenvalue weighted by Crippen LogP contribution is 2.22. The van der Waals surface area contributed by atoms with Gasteiger partial charge in [0.15, 0.2) is 0 Å². The van der Waals surface area contributed by atoms with Crippen LogP contribution in [-0.2, 0) is 4.79 Å². The van der Waals surface area contributed by atoms with Crippen LogP contribution in [0.15, 0.2) is 18.2 Å². The third kappa shape index (κ3) is 3.81. The van der Waals surface area contributed by atoms with Gasteiger partial charge in [-0.25, -0.2) is 0 Å². The van der Waals surface area contributed by atoms with Crippen molar-refractivity contribution in [2.75, 3.05) is 5.32 Å². The molecule has 6 heteroatoms. The third-order valence-corrected chi connectivity index (χ3v) is 2.68. The van der Waals surface area contributed by atoms with Gasteiger partial charge in [-0.1, -0.05) is 13.0 Å². The van der Waals surface area contributed by atoms with Gasteiger partial charge in [0, 0.05) is 24.6 Å². The van der Waals surface area contributed by atoms with E-state index in [1.807, 2.05) is 6.92 Å². The van der Waals surface area contributed by atoms with Gasteiger partial charge in [-0.05, 0) is 18.9 Å². The molecule has 1 atom stereocenters. The number of rotatable bonds is 5. The first kappa shape index (κ1) is 14.1. The highest BCUT2D eigenvalue weighted by Gasteiger charge is 2.12. The molecule has 0 aliphatic rings. The number of carbonyl (C=O) groups excluding carboxylic acids is 1. The van der Waals surface area contributed by atoms with E-state index in [0.29, 0.717) is 12.1 Å². The molecule has 0 radical (unpaired) electrons. The number of non-ortho nitro benzene ring substituents is 1. The lowest BCUT2D eigenvalue weighted by molar-refractivity contribution is -0.384. The zero-order chi connectivity index (χ0) is 13.7. The predicted molar refractivity (Wildman–Crippen MR) is 69.3 cm³/mol. The summed E-state index contributed by atoms with van der Waals surface area (Å²) >= 11 is 0. The Labute approximate surface area is 105 Å². The first-order valence-corrected chi connectivity index (χ1v) is 5.74. The fourth-order valence-electron chi connectivity index (χ4n) is 1.44. The van der Waals surface area contributed by atoms with Crippen LogP contribution in [0.2, 0.25) is 0 Å². The summed E-state index contributed by atoms with van der Waals surface area (Å²) in [4.78, 5) is 21.8. The Morgan fingerprint density at radius 3 is 2.78 bits per heavy atom. The van der Waals surface area contributed by atoms with Crippen molar-refractivity contribution in [1.29, 1.82) is 0 Å². The number of benzene rings is 1. The molecule has 1 amide bonds. The second-order valence-electron chi connectivity index (χ2n) is 4.18. The number of aryl methyl sites for hydroxylation is 1. The molecule has 0 fully saturated rings. The minimum absolute atomic E-state index is 0.0457. The molecule has 0 saturated carbocycles. The van der Waals surface area contributed by atoms with E-state index in [4.69, 9.17) is 5.73 Å². The van der Waals surface area contributed by atoms with Crippen molar-refractivity contribution in [3.8, 4) is 0 Å². The molecule has 98 valence electrons. The maximum atomic E-state index is 11.7. The van der Waals surface area contributed by atoms with Crippen LogP contribution in [0.5, 0.6) is 0 Å². The van der Waals surface area contributed by atoms with E-state index in [9.17, 15) is 14.9 Å². The van der Waals surface area contributed by atoms with Crippen LogP contribution in [-0.4, -0.2) is 16.9 Å². The Kier molecular flexibility index (Phi) is 4.79. The van der Waals surface area contributed by atoms with E-state index in [2.05, 4.69) is 5.32 Å². The van der Waals surface area contributed by atoms with Crippen molar-refractivity contribution in [2.24, 2.45) is 5.73 Å². The quantitative estimate of drug-likeness (QED) is 0.617. The number of carbonyl (C=O) groups is 1. The fraction of sp³-hybridized carbons (Fsp3) is 0.417. The van der Waals surface area contributed by atoms with Gasteiger partial charge in [-0.2, -0.15) is 0 Å². The standard InChI is InChI=1S/C12H17N3O3/c1-3-9(13)6-12(16)14-11-7-10(15(17)18)5-4-8(11)2/h4-5,7,9H,3,6,13H2,1-2H3,(H,14,16). The van der Waals surface area contributed by atoms with E-state index in [1.54, 1.807) is 13.0 Å². The molecule has 0 aromatic heterocycles. The molecule has 6 nitrogen and oxygen atoms in total. The van der Waals surface area contributed by atoms with Gasteiger partial charge in [0.1, 0.15) is 0 Å².